The van der Waals surface area contributed by atoms with E-state index in [4.69, 9.17) is 9.84 Å². The molecular formula is C26H30FN3O3. The molecule has 4 rings (SSSR count). The number of benzene rings is 2. The molecule has 0 saturated carbocycles. The topological polar surface area (TPSA) is 62.2 Å². The van der Waals surface area contributed by atoms with Gasteiger partial charge in [0.25, 0.3) is 5.91 Å². The van der Waals surface area contributed by atoms with Gasteiger partial charge in [0.1, 0.15) is 5.82 Å². The third kappa shape index (κ3) is 5.30. The Labute approximate surface area is 194 Å². The van der Waals surface area contributed by atoms with Gasteiger partial charge < -0.3 is 4.74 Å². The van der Waals surface area contributed by atoms with E-state index in [9.17, 15) is 14.0 Å². The minimum atomic E-state index is -0.299. The molecular weight excluding hydrogens is 421 g/mol. The SMILES string of the molecule is CCOC(=O)C1CCN(CC(=O)N2N=C(c3ccc(F)cc3)CC2c2ccccc2C)CC1. The Morgan fingerprint density at radius 3 is 2.45 bits per heavy atom. The van der Waals surface area contributed by atoms with Crippen molar-refractivity contribution in [2.45, 2.75) is 39.2 Å². The summed E-state index contributed by atoms with van der Waals surface area (Å²) in [6.07, 6.45) is 1.96. The molecule has 0 bridgehead atoms. The molecule has 1 unspecified atom stereocenters. The molecule has 2 aromatic carbocycles. The molecule has 0 aliphatic carbocycles. The average Bonchev–Trinajstić information content (AvgIpc) is 3.26. The summed E-state index contributed by atoms with van der Waals surface area (Å²) in [5, 5.41) is 6.29. The number of likely N-dealkylation sites (tertiary alicyclic amines) is 1. The van der Waals surface area contributed by atoms with Gasteiger partial charge in [0.15, 0.2) is 0 Å². The van der Waals surface area contributed by atoms with Crippen LogP contribution in [0.4, 0.5) is 4.39 Å². The first-order valence-corrected chi connectivity index (χ1v) is 11.6. The Kier molecular flexibility index (Phi) is 7.18. The molecule has 1 saturated heterocycles. The highest BCUT2D eigenvalue weighted by Gasteiger charge is 2.35. The zero-order valence-corrected chi connectivity index (χ0v) is 19.2. The molecule has 174 valence electrons. The number of rotatable bonds is 6. The lowest BCUT2D eigenvalue weighted by Crippen LogP contribution is -2.43. The van der Waals surface area contributed by atoms with E-state index < -0.39 is 0 Å². The number of hydrogen-bond acceptors (Lipinski definition) is 5. The third-order valence-corrected chi connectivity index (χ3v) is 6.46. The molecule has 7 heteroatoms. The van der Waals surface area contributed by atoms with Gasteiger partial charge in [-0.1, -0.05) is 36.4 Å². The highest BCUT2D eigenvalue weighted by atomic mass is 19.1. The number of nitrogens with zero attached hydrogens (tertiary/aromatic N) is 3. The first-order valence-electron chi connectivity index (χ1n) is 11.6. The summed E-state index contributed by atoms with van der Waals surface area (Å²) >= 11 is 0. The van der Waals surface area contributed by atoms with Crippen molar-refractivity contribution >= 4 is 17.6 Å². The van der Waals surface area contributed by atoms with Gasteiger partial charge in [-0.2, -0.15) is 5.10 Å². The molecule has 2 aliphatic heterocycles. The van der Waals surface area contributed by atoms with Gasteiger partial charge >= 0.3 is 5.97 Å². The van der Waals surface area contributed by atoms with E-state index in [-0.39, 0.29) is 36.2 Å². The zero-order chi connectivity index (χ0) is 23.4. The molecule has 1 fully saturated rings. The van der Waals surface area contributed by atoms with Crippen LogP contribution in [0, 0.1) is 18.7 Å². The number of esters is 1. The van der Waals surface area contributed by atoms with Crippen LogP contribution >= 0.6 is 0 Å². The highest BCUT2D eigenvalue weighted by Crippen LogP contribution is 2.34. The van der Waals surface area contributed by atoms with Crippen molar-refractivity contribution in [1.82, 2.24) is 9.91 Å². The smallest absolute Gasteiger partial charge is 0.309 e. The summed E-state index contributed by atoms with van der Waals surface area (Å²) in [6.45, 7) is 5.83. The molecule has 0 N–H and O–H groups in total. The fourth-order valence-electron chi connectivity index (χ4n) is 4.61. The Morgan fingerprint density at radius 2 is 1.79 bits per heavy atom. The van der Waals surface area contributed by atoms with Crippen LogP contribution < -0.4 is 0 Å². The molecule has 2 heterocycles. The van der Waals surface area contributed by atoms with E-state index in [1.54, 1.807) is 17.1 Å². The van der Waals surface area contributed by atoms with Crippen LogP contribution in [0.15, 0.2) is 53.6 Å². The van der Waals surface area contributed by atoms with Crippen molar-refractivity contribution in [3.63, 3.8) is 0 Å². The summed E-state index contributed by atoms with van der Waals surface area (Å²) in [5.41, 5.74) is 3.76. The molecule has 1 amide bonds. The minimum Gasteiger partial charge on any atom is -0.466 e. The average molecular weight is 452 g/mol. The van der Waals surface area contributed by atoms with E-state index >= 15 is 0 Å². The second-order valence-corrected chi connectivity index (χ2v) is 8.67. The van der Waals surface area contributed by atoms with Gasteiger partial charge in [-0.25, -0.2) is 9.40 Å². The first-order chi connectivity index (χ1) is 16.0. The number of carbonyl (C=O) groups is 2. The molecule has 2 aliphatic rings. The quantitative estimate of drug-likeness (QED) is 0.621. The van der Waals surface area contributed by atoms with Crippen molar-refractivity contribution in [3.8, 4) is 0 Å². The minimum absolute atomic E-state index is 0.0741. The number of hydrogen-bond donors (Lipinski definition) is 0. The molecule has 6 nitrogen and oxygen atoms in total. The lowest BCUT2D eigenvalue weighted by molar-refractivity contribution is -0.149. The second kappa shape index (κ2) is 10.3. The number of carbonyl (C=O) groups excluding carboxylic acids is 2. The second-order valence-electron chi connectivity index (χ2n) is 8.67. The van der Waals surface area contributed by atoms with E-state index in [0.29, 0.717) is 39.0 Å². The summed E-state index contributed by atoms with van der Waals surface area (Å²) in [7, 11) is 0. The van der Waals surface area contributed by atoms with Crippen molar-refractivity contribution in [2.75, 3.05) is 26.2 Å². The van der Waals surface area contributed by atoms with Gasteiger partial charge in [-0.3, -0.25) is 14.5 Å². The Hall–Kier alpha value is -3.06. The largest absolute Gasteiger partial charge is 0.466 e. The number of piperidine rings is 1. The fourth-order valence-corrected chi connectivity index (χ4v) is 4.61. The van der Waals surface area contributed by atoms with E-state index in [2.05, 4.69) is 4.90 Å². The third-order valence-electron chi connectivity index (χ3n) is 6.46. The van der Waals surface area contributed by atoms with Gasteiger partial charge in [0.05, 0.1) is 30.8 Å². The Balaban J connectivity index is 1.49. The molecule has 2 aromatic rings. The number of ether oxygens (including phenoxy) is 1. The van der Waals surface area contributed by atoms with Crippen LogP contribution in [-0.2, 0) is 14.3 Å². The maximum atomic E-state index is 13.4. The number of amides is 1. The van der Waals surface area contributed by atoms with Gasteiger partial charge in [0, 0.05) is 6.42 Å². The van der Waals surface area contributed by atoms with Crippen molar-refractivity contribution in [2.24, 2.45) is 11.0 Å². The van der Waals surface area contributed by atoms with Crippen molar-refractivity contribution < 1.29 is 18.7 Å². The van der Waals surface area contributed by atoms with Crippen LogP contribution in [0.1, 0.15) is 48.9 Å². The van der Waals surface area contributed by atoms with Crippen LogP contribution in [0.2, 0.25) is 0 Å². The number of hydrazone groups is 1. The van der Waals surface area contributed by atoms with Crippen LogP contribution in [-0.4, -0.2) is 53.7 Å². The maximum absolute atomic E-state index is 13.4. The molecule has 1 atom stereocenters. The van der Waals surface area contributed by atoms with Crippen molar-refractivity contribution in [1.29, 1.82) is 0 Å². The molecule has 33 heavy (non-hydrogen) atoms. The fraction of sp³-hybridized carbons (Fsp3) is 0.423. The standard InChI is InChI=1S/C26H30FN3O3/c1-3-33-26(32)20-12-14-29(15-13-20)17-25(31)30-24(22-7-5-4-6-18(22)2)16-23(28-30)19-8-10-21(27)11-9-19/h4-11,20,24H,3,12-17H2,1-2H3. The van der Waals surface area contributed by atoms with E-state index in [1.807, 2.05) is 38.1 Å². The van der Waals surface area contributed by atoms with Crippen LogP contribution in [0.5, 0.6) is 0 Å². The lowest BCUT2D eigenvalue weighted by atomic mass is 9.95. The molecule has 0 aromatic heterocycles. The molecule has 0 spiro atoms. The lowest BCUT2D eigenvalue weighted by Gasteiger charge is -2.32. The summed E-state index contributed by atoms with van der Waals surface area (Å²) < 4.78 is 18.6. The Bertz CT molecular complexity index is 1030. The van der Waals surface area contributed by atoms with E-state index in [1.165, 1.54) is 12.1 Å². The first kappa shape index (κ1) is 23.1. The van der Waals surface area contributed by atoms with Crippen LogP contribution in [0.25, 0.3) is 0 Å². The monoisotopic (exact) mass is 451 g/mol. The Morgan fingerprint density at radius 1 is 1.09 bits per heavy atom. The van der Waals surface area contributed by atoms with E-state index in [0.717, 1.165) is 22.4 Å². The number of halogens is 1. The summed E-state index contributed by atoms with van der Waals surface area (Å²) in [5.74, 6) is -0.607. The van der Waals surface area contributed by atoms with Crippen molar-refractivity contribution in [3.05, 3.63) is 71.0 Å². The predicted octanol–water partition coefficient (Wildman–Crippen LogP) is 4.09. The summed E-state index contributed by atoms with van der Waals surface area (Å²) in [4.78, 5) is 27.5. The maximum Gasteiger partial charge on any atom is 0.309 e. The van der Waals surface area contributed by atoms with Gasteiger partial charge in [0.2, 0.25) is 0 Å². The summed E-state index contributed by atoms with van der Waals surface area (Å²) in [6, 6.07) is 14.1. The van der Waals surface area contributed by atoms with Gasteiger partial charge in [-0.15, -0.1) is 0 Å². The zero-order valence-electron chi connectivity index (χ0n) is 19.2. The number of aryl methyl sites for hydroxylation is 1. The van der Waals surface area contributed by atoms with Gasteiger partial charge in [-0.05, 0) is 68.6 Å². The highest BCUT2D eigenvalue weighted by molar-refractivity contribution is 6.03. The normalized spacial score (nSPS) is 19.4. The molecule has 0 radical (unpaired) electrons. The van der Waals surface area contributed by atoms with Crippen LogP contribution in [0.3, 0.4) is 0 Å². The predicted molar refractivity (Wildman–Crippen MR) is 124 cm³/mol.